The fourth-order valence-corrected chi connectivity index (χ4v) is 3.10. The van der Waals surface area contributed by atoms with Crippen LogP contribution in [0.3, 0.4) is 0 Å². The van der Waals surface area contributed by atoms with Crippen molar-refractivity contribution in [3.05, 3.63) is 22.8 Å². The highest BCUT2D eigenvalue weighted by atomic mass is 32.2. The van der Waals surface area contributed by atoms with Crippen molar-refractivity contribution in [2.24, 2.45) is 5.92 Å². The van der Waals surface area contributed by atoms with Crippen LogP contribution in [0, 0.1) is 16.6 Å². The lowest BCUT2D eigenvalue weighted by molar-refractivity contribution is 0.0259. The van der Waals surface area contributed by atoms with Crippen LogP contribution in [-0.2, 0) is 4.74 Å². The van der Waals surface area contributed by atoms with Gasteiger partial charge in [-0.2, -0.15) is 5.26 Å². The Morgan fingerprint density at radius 3 is 2.90 bits per heavy atom. The number of nitriles is 1. The molecule has 0 aromatic heterocycles. The first-order valence-electron chi connectivity index (χ1n) is 6.88. The zero-order valence-electron chi connectivity index (χ0n) is 12.2. The van der Waals surface area contributed by atoms with Crippen molar-refractivity contribution in [3.8, 4) is 5.40 Å². The molecule has 1 saturated heterocycles. The van der Waals surface area contributed by atoms with E-state index >= 15 is 0 Å². The number of nitrogens with zero attached hydrogens (tertiary/aromatic N) is 2. The number of amides is 1. The summed E-state index contributed by atoms with van der Waals surface area (Å²) in [4.78, 5) is 15.1. The monoisotopic (exact) mass is 292 g/mol. The molecule has 0 radical (unpaired) electrons. The van der Waals surface area contributed by atoms with E-state index in [2.05, 4.69) is 5.40 Å². The zero-order chi connectivity index (χ0) is 14.8. The highest BCUT2D eigenvalue weighted by Crippen LogP contribution is 2.38. The Labute approximate surface area is 124 Å². The zero-order valence-corrected chi connectivity index (χ0v) is 13.0. The quantitative estimate of drug-likeness (QED) is 0.685. The van der Waals surface area contributed by atoms with Gasteiger partial charge in [-0.3, -0.25) is 4.90 Å². The second-order valence-corrected chi connectivity index (χ2v) is 7.00. The highest BCUT2D eigenvalue weighted by molar-refractivity contribution is 8.07. The lowest BCUT2D eigenvalue weighted by atomic mass is 9.88. The van der Waals surface area contributed by atoms with Gasteiger partial charge in [0.05, 0.1) is 0 Å². The van der Waals surface area contributed by atoms with Crippen molar-refractivity contribution < 1.29 is 9.53 Å². The molecule has 2 aliphatic rings. The fraction of sp³-hybridized carbons (Fsp3) is 0.600. The fourth-order valence-electron chi connectivity index (χ4n) is 2.56. The van der Waals surface area contributed by atoms with Crippen LogP contribution in [0.25, 0.3) is 0 Å². The molecule has 1 aliphatic heterocycles. The Hall–Kier alpha value is -1.41. The largest absolute Gasteiger partial charge is 0.443 e. The minimum Gasteiger partial charge on any atom is -0.443 e. The van der Waals surface area contributed by atoms with Gasteiger partial charge in [-0.15, -0.1) is 0 Å². The highest BCUT2D eigenvalue weighted by Gasteiger charge is 2.33. The average molecular weight is 292 g/mol. The van der Waals surface area contributed by atoms with Crippen molar-refractivity contribution in [2.45, 2.75) is 45.6 Å². The standard InChI is InChI=1S/C15H20N2O2S/c1-15(2,3)19-14(18)17-8-4-5-11-9-12(20-10-16)6-7-13(11)17/h6-7,11H,4-5,8-9H2,1-3H3. The molecule has 0 spiro atoms. The summed E-state index contributed by atoms with van der Waals surface area (Å²) >= 11 is 1.21. The van der Waals surface area contributed by atoms with E-state index in [1.165, 1.54) is 11.8 Å². The first kappa shape index (κ1) is 15.0. The lowest BCUT2D eigenvalue weighted by Gasteiger charge is -2.38. The first-order chi connectivity index (χ1) is 9.40. The van der Waals surface area contributed by atoms with Crippen molar-refractivity contribution in [2.75, 3.05) is 6.54 Å². The van der Waals surface area contributed by atoms with Crippen LogP contribution < -0.4 is 0 Å². The second-order valence-electron chi connectivity index (χ2n) is 6.09. The molecule has 1 heterocycles. The van der Waals surface area contributed by atoms with Gasteiger partial charge in [0.2, 0.25) is 0 Å². The molecule has 1 atom stereocenters. The summed E-state index contributed by atoms with van der Waals surface area (Å²) in [5.41, 5.74) is 0.560. The molecule has 4 nitrogen and oxygen atoms in total. The summed E-state index contributed by atoms with van der Waals surface area (Å²) in [7, 11) is 0. The summed E-state index contributed by atoms with van der Waals surface area (Å²) in [6.45, 7) is 6.35. The molecular formula is C15H20N2O2S. The van der Waals surface area contributed by atoms with Gasteiger partial charge >= 0.3 is 6.09 Å². The smallest absolute Gasteiger partial charge is 0.414 e. The number of thioether (sulfide) groups is 1. The summed E-state index contributed by atoms with van der Waals surface area (Å²) in [6.07, 6.45) is 6.54. The Bertz CT molecular complexity index is 497. The Balaban J connectivity index is 2.15. The van der Waals surface area contributed by atoms with Crippen molar-refractivity contribution in [1.29, 1.82) is 5.26 Å². The maximum atomic E-state index is 12.3. The number of fused-ring (bicyclic) bond motifs is 1. The first-order valence-corrected chi connectivity index (χ1v) is 7.69. The van der Waals surface area contributed by atoms with Gasteiger partial charge in [0.15, 0.2) is 0 Å². The molecule has 20 heavy (non-hydrogen) atoms. The molecular weight excluding hydrogens is 272 g/mol. The average Bonchev–Trinajstić information content (AvgIpc) is 2.36. The number of likely N-dealkylation sites (tertiary alicyclic amines) is 1. The maximum absolute atomic E-state index is 12.3. The molecule has 2 rings (SSSR count). The molecule has 1 unspecified atom stereocenters. The van der Waals surface area contributed by atoms with E-state index in [0.29, 0.717) is 12.5 Å². The molecule has 5 heteroatoms. The number of piperidine rings is 1. The van der Waals surface area contributed by atoms with Gasteiger partial charge in [0.25, 0.3) is 0 Å². The van der Waals surface area contributed by atoms with Gasteiger partial charge in [-0.1, -0.05) is 0 Å². The molecule has 1 aliphatic carbocycles. The molecule has 1 fully saturated rings. The Kier molecular flexibility index (Phi) is 4.44. The normalized spacial score (nSPS) is 22.3. The predicted molar refractivity (Wildman–Crippen MR) is 79.7 cm³/mol. The molecule has 0 bridgehead atoms. The maximum Gasteiger partial charge on any atom is 0.414 e. The summed E-state index contributed by atoms with van der Waals surface area (Å²) in [6, 6.07) is 0. The van der Waals surface area contributed by atoms with Crippen LogP contribution >= 0.6 is 11.8 Å². The van der Waals surface area contributed by atoms with Crippen LogP contribution in [-0.4, -0.2) is 23.1 Å². The van der Waals surface area contributed by atoms with E-state index in [9.17, 15) is 4.79 Å². The van der Waals surface area contributed by atoms with Gasteiger partial charge in [-0.05, 0) is 63.9 Å². The number of rotatable bonds is 1. The topological polar surface area (TPSA) is 53.3 Å². The van der Waals surface area contributed by atoms with E-state index in [1.54, 1.807) is 4.90 Å². The van der Waals surface area contributed by atoms with E-state index < -0.39 is 5.60 Å². The second kappa shape index (κ2) is 5.92. The van der Waals surface area contributed by atoms with Crippen LogP contribution in [0.1, 0.15) is 40.0 Å². The van der Waals surface area contributed by atoms with Crippen molar-refractivity contribution in [3.63, 3.8) is 0 Å². The number of carbonyl (C=O) groups is 1. The number of hydrogen-bond donors (Lipinski definition) is 0. The summed E-state index contributed by atoms with van der Waals surface area (Å²) < 4.78 is 5.47. The number of ether oxygens (including phenoxy) is 1. The third-order valence-corrected chi connectivity index (χ3v) is 4.00. The molecule has 0 N–H and O–H groups in total. The third kappa shape index (κ3) is 3.57. The molecule has 0 aromatic rings. The number of carbonyl (C=O) groups excluding carboxylic acids is 1. The number of hydrogen-bond acceptors (Lipinski definition) is 4. The minimum atomic E-state index is -0.475. The summed E-state index contributed by atoms with van der Waals surface area (Å²) in [5.74, 6) is 0.331. The van der Waals surface area contributed by atoms with E-state index in [1.807, 2.05) is 32.9 Å². The van der Waals surface area contributed by atoms with E-state index in [0.717, 1.165) is 29.9 Å². The van der Waals surface area contributed by atoms with E-state index in [-0.39, 0.29) is 6.09 Å². The lowest BCUT2D eigenvalue weighted by Crippen LogP contribution is -2.41. The van der Waals surface area contributed by atoms with Crippen LogP contribution in [0.4, 0.5) is 4.79 Å². The van der Waals surface area contributed by atoms with Gasteiger partial charge in [0.1, 0.15) is 11.0 Å². The Morgan fingerprint density at radius 2 is 2.25 bits per heavy atom. The van der Waals surface area contributed by atoms with Gasteiger partial charge in [0, 0.05) is 23.1 Å². The number of allylic oxidation sites excluding steroid dienone is 4. The van der Waals surface area contributed by atoms with Gasteiger partial charge in [-0.25, -0.2) is 4.79 Å². The molecule has 108 valence electrons. The van der Waals surface area contributed by atoms with Crippen LogP contribution in [0.15, 0.2) is 22.8 Å². The minimum absolute atomic E-state index is 0.266. The van der Waals surface area contributed by atoms with Gasteiger partial charge < -0.3 is 4.74 Å². The Morgan fingerprint density at radius 1 is 1.50 bits per heavy atom. The van der Waals surface area contributed by atoms with E-state index in [4.69, 9.17) is 10.00 Å². The molecule has 1 amide bonds. The SMILES string of the molecule is CC(C)(C)OC(=O)N1CCCC2CC(SC#N)=CC=C21. The third-order valence-electron chi connectivity index (χ3n) is 3.34. The van der Waals surface area contributed by atoms with Crippen LogP contribution in [0.5, 0.6) is 0 Å². The number of thiocyanates is 1. The molecule has 0 saturated carbocycles. The molecule has 0 aromatic carbocycles. The van der Waals surface area contributed by atoms with Crippen molar-refractivity contribution >= 4 is 17.9 Å². The summed E-state index contributed by atoms with van der Waals surface area (Å²) in [5, 5.41) is 10.9. The predicted octanol–water partition coefficient (Wildman–Crippen LogP) is 4.02. The van der Waals surface area contributed by atoms with Crippen LogP contribution in [0.2, 0.25) is 0 Å². The van der Waals surface area contributed by atoms with Crippen molar-refractivity contribution in [1.82, 2.24) is 4.90 Å².